The largest absolute Gasteiger partial charge is 0.300 e. The number of carbonyl (C=O) groups is 1. The molecule has 1 rings (SSSR count). The second-order valence-corrected chi connectivity index (χ2v) is 5.25. The molecule has 2 nitrogen and oxygen atoms in total. The fraction of sp³-hybridized carbons (Fsp3) is 0.412. The quantitative estimate of drug-likeness (QED) is 0.585. The molecule has 0 heterocycles. The Labute approximate surface area is 116 Å². The van der Waals surface area contributed by atoms with Crippen LogP contribution in [0.25, 0.3) is 0 Å². The third-order valence-corrected chi connectivity index (χ3v) is 3.24. The number of Topliss-reactive ketones (excluding diaryl/α,β-unsaturated/α-hetero) is 1. The Hall–Kier alpha value is -1.70. The van der Waals surface area contributed by atoms with Crippen LogP contribution in [-0.2, 0) is 0 Å². The molecule has 0 aliphatic heterocycles. The number of hydrogen-bond donors (Lipinski definition) is 1. The highest BCUT2D eigenvalue weighted by Gasteiger charge is 2.09. The summed E-state index contributed by atoms with van der Waals surface area (Å²) in [5.74, 6) is 0.701. The van der Waals surface area contributed by atoms with Gasteiger partial charge in [-0.05, 0) is 43.7 Å². The molecule has 1 aromatic carbocycles. The zero-order chi connectivity index (χ0) is 14.4. The summed E-state index contributed by atoms with van der Waals surface area (Å²) in [6.07, 6.45) is 4.04. The highest BCUT2D eigenvalue weighted by Crippen LogP contribution is 2.17. The van der Waals surface area contributed by atoms with Crippen LogP contribution in [0.4, 0.5) is 0 Å². The Morgan fingerprint density at radius 2 is 1.74 bits per heavy atom. The molecule has 1 aromatic rings. The third kappa shape index (κ3) is 4.47. The molecule has 102 valence electrons. The van der Waals surface area contributed by atoms with Crippen LogP contribution in [0, 0.1) is 11.3 Å². The van der Waals surface area contributed by atoms with E-state index in [-0.39, 0.29) is 5.78 Å². The number of ketones is 1. The molecule has 1 N–H and O–H groups in total. The minimum atomic E-state index is 0.0594. The van der Waals surface area contributed by atoms with E-state index in [0.717, 1.165) is 24.0 Å². The normalized spacial score (nSPS) is 11.7. The SMILES string of the molecule is C/C=C(/CCC(C)C)C(=N)c1ccc(C(C)=O)cc1. The van der Waals surface area contributed by atoms with Gasteiger partial charge in [0.05, 0.1) is 5.71 Å². The first-order chi connectivity index (χ1) is 8.95. The van der Waals surface area contributed by atoms with Crippen molar-refractivity contribution in [3.05, 3.63) is 47.0 Å². The van der Waals surface area contributed by atoms with Crippen molar-refractivity contribution in [3.8, 4) is 0 Å². The number of benzene rings is 1. The first-order valence-electron chi connectivity index (χ1n) is 6.81. The summed E-state index contributed by atoms with van der Waals surface area (Å²) in [7, 11) is 0. The Balaban J connectivity index is 2.83. The van der Waals surface area contributed by atoms with E-state index in [1.807, 2.05) is 25.1 Å². The lowest BCUT2D eigenvalue weighted by atomic mass is 9.94. The fourth-order valence-electron chi connectivity index (χ4n) is 1.91. The molecular weight excluding hydrogens is 234 g/mol. The molecule has 0 unspecified atom stereocenters. The van der Waals surface area contributed by atoms with Crippen molar-refractivity contribution in [1.29, 1.82) is 5.41 Å². The molecule has 0 fully saturated rings. The first kappa shape index (κ1) is 15.4. The van der Waals surface area contributed by atoms with Crippen LogP contribution in [0.15, 0.2) is 35.9 Å². The maximum Gasteiger partial charge on any atom is 0.159 e. The van der Waals surface area contributed by atoms with Gasteiger partial charge in [0.15, 0.2) is 5.78 Å². The summed E-state index contributed by atoms with van der Waals surface area (Å²) in [6.45, 7) is 7.92. The smallest absolute Gasteiger partial charge is 0.159 e. The monoisotopic (exact) mass is 257 g/mol. The van der Waals surface area contributed by atoms with E-state index in [4.69, 9.17) is 5.41 Å². The Morgan fingerprint density at radius 3 is 2.16 bits per heavy atom. The van der Waals surface area contributed by atoms with Crippen LogP contribution in [0.2, 0.25) is 0 Å². The Morgan fingerprint density at radius 1 is 1.21 bits per heavy atom. The van der Waals surface area contributed by atoms with Crippen LogP contribution < -0.4 is 0 Å². The van der Waals surface area contributed by atoms with E-state index in [2.05, 4.69) is 13.8 Å². The number of nitrogens with one attached hydrogen (secondary N) is 1. The maximum atomic E-state index is 11.2. The third-order valence-electron chi connectivity index (χ3n) is 3.24. The topological polar surface area (TPSA) is 40.9 Å². The van der Waals surface area contributed by atoms with Crippen LogP contribution in [0.1, 0.15) is 56.5 Å². The van der Waals surface area contributed by atoms with E-state index in [1.165, 1.54) is 0 Å². The van der Waals surface area contributed by atoms with Gasteiger partial charge in [0.25, 0.3) is 0 Å². The van der Waals surface area contributed by atoms with E-state index in [1.54, 1.807) is 19.1 Å². The number of allylic oxidation sites excluding steroid dienone is 2. The highest BCUT2D eigenvalue weighted by atomic mass is 16.1. The van der Waals surface area contributed by atoms with Crippen LogP contribution in [0.3, 0.4) is 0 Å². The van der Waals surface area contributed by atoms with Gasteiger partial charge in [0.1, 0.15) is 0 Å². The van der Waals surface area contributed by atoms with Gasteiger partial charge in [0.2, 0.25) is 0 Å². The van der Waals surface area contributed by atoms with Crippen LogP contribution in [-0.4, -0.2) is 11.5 Å². The van der Waals surface area contributed by atoms with Gasteiger partial charge in [0, 0.05) is 5.56 Å². The lowest BCUT2D eigenvalue weighted by Gasteiger charge is -2.11. The molecule has 19 heavy (non-hydrogen) atoms. The van der Waals surface area contributed by atoms with Crippen molar-refractivity contribution < 1.29 is 4.79 Å². The number of carbonyl (C=O) groups excluding carboxylic acids is 1. The molecule has 0 saturated heterocycles. The van der Waals surface area contributed by atoms with Crippen molar-refractivity contribution in [2.75, 3.05) is 0 Å². The maximum absolute atomic E-state index is 11.2. The average Bonchev–Trinajstić information content (AvgIpc) is 2.39. The summed E-state index contributed by atoms with van der Waals surface area (Å²) < 4.78 is 0. The molecule has 0 amide bonds. The van der Waals surface area contributed by atoms with Gasteiger partial charge in [-0.2, -0.15) is 0 Å². The second kappa shape index (κ2) is 7.03. The molecule has 0 bridgehead atoms. The van der Waals surface area contributed by atoms with E-state index >= 15 is 0 Å². The van der Waals surface area contributed by atoms with Crippen molar-refractivity contribution in [2.24, 2.45) is 5.92 Å². The standard InChI is InChI=1S/C17H23NO/c1-5-14(7-6-12(2)3)17(18)16-10-8-15(9-11-16)13(4)19/h5,8-12,18H,6-7H2,1-4H3/b14-5-,18-17?. The summed E-state index contributed by atoms with van der Waals surface area (Å²) in [5.41, 5.74) is 3.21. The minimum Gasteiger partial charge on any atom is -0.300 e. The number of hydrogen-bond acceptors (Lipinski definition) is 2. The van der Waals surface area contributed by atoms with Gasteiger partial charge < -0.3 is 5.41 Å². The first-order valence-corrected chi connectivity index (χ1v) is 6.81. The van der Waals surface area contributed by atoms with Gasteiger partial charge in [-0.1, -0.05) is 44.2 Å². The number of rotatable bonds is 6. The molecular formula is C17H23NO. The van der Waals surface area contributed by atoms with Crippen LogP contribution in [0.5, 0.6) is 0 Å². The average molecular weight is 257 g/mol. The Bertz CT molecular complexity index is 480. The summed E-state index contributed by atoms with van der Waals surface area (Å²) >= 11 is 0. The molecule has 0 aliphatic carbocycles. The molecule has 0 aromatic heterocycles. The molecule has 0 radical (unpaired) electrons. The van der Waals surface area contributed by atoms with Crippen molar-refractivity contribution in [3.63, 3.8) is 0 Å². The highest BCUT2D eigenvalue weighted by molar-refractivity contribution is 6.10. The second-order valence-electron chi connectivity index (χ2n) is 5.25. The zero-order valence-electron chi connectivity index (χ0n) is 12.3. The zero-order valence-corrected chi connectivity index (χ0v) is 12.3. The van der Waals surface area contributed by atoms with Gasteiger partial charge in [-0.15, -0.1) is 0 Å². The predicted octanol–water partition coefficient (Wildman–Crippen LogP) is 4.64. The Kier molecular flexibility index (Phi) is 5.68. The van der Waals surface area contributed by atoms with E-state index in [9.17, 15) is 4.79 Å². The lowest BCUT2D eigenvalue weighted by molar-refractivity contribution is 0.101. The lowest BCUT2D eigenvalue weighted by Crippen LogP contribution is -2.05. The van der Waals surface area contributed by atoms with E-state index < -0.39 is 0 Å². The predicted molar refractivity (Wildman–Crippen MR) is 81.1 cm³/mol. The molecule has 0 saturated carbocycles. The fourth-order valence-corrected chi connectivity index (χ4v) is 1.91. The summed E-state index contributed by atoms with van der Waals surface area (Å²) in [4.78, 5) is 11.2. The van der Waals surface area contributed by atoms with Gasteiger partial charge in [-0.3, -0.25) is 4.79 Å². The van der Waals surface area contributed by atoms with Crippen molar-refractivity contribution in [1.82, 2.24) is 0 Å². The molecule has 0 spiro atoms. The molecule has 2 heteroatoms. The van der Waals surface area contributed by atoms with Crippen LogP contribution >= 0.6 is 0 Å². The molecule has 0 atom stereocenters. The summed E-state index contributed by atoms with van der Waals surface area (Å²) in [6, 6.07) is 7.31. The van der Waals surface area contributed by atoms with Gasteiger partial charge >= 0.3 is 0 Å². The van der Waals surface area contributed by atoms with Crippen molar-refractivity contribution in [2.45, 2.75) is 40.5 Å². The summed E-state index contributed by atoms with van der Waals surface area (Å²) in [5, 5.41) is 8.26. The van der Waals surface area contributed by atoms with Gasteiger partial charge in [-0.25, -0.2) is 0 Å². The molecule has 0 aliphatic rings. The minimum absolute atomic E-state index is 0.0594. The van der Waals surface area contributed by atoms with Crippen molar-refractivity contribution >= 4 is 11.5 Å². The van der Waals surface area contributed by atoms with E-state index in [0.29, 0.717) is 17.2 Å².